The highest BCUT2D eigenvalue weighted by Crippen LogP contribution is 2.26. The number of hydrogen-bond acceptors (Lipinski definition) is 4. The Balaban J connectivity index is 1.41. The van der Waals surface area contributed by atoms with Crippen LogP contribution >= 0.6 is 11.3 Å². The molecule has 1 N–H and O–H groups in total. The Labute approximate surface area is 168 Å². The molecule has 0 saturated heterocycles. The van der Waals surface area contributed by atoms with Crippen molar-refractivity contribution in [3.8, 4) is 10.6 Å². The second-order valence-electron chi connectivity index (χ2n) is 6.91. The summed E-state index contributed by atoms with van der Waals surface area (Å²) in [7, 11) is 0. The highest BCUT2D eigenvalue weighted by molar-refractivity contribution is 7.13. The van der Waals surface area contributed by atoms with E-state index in [0.717, 1.165) is 34.9 Å². The van der Waals surface area contributed by atoms with Crippen LogP contribution in [0.5, 0.6) is 0 Å². The van der Waals surface area contributed by atoms with Gasteiger partial charge in [-0.15, -0.1) is 11.3 Å². The van der Waals surface area contributed by atoms with Crippen LogP contribution in [0.1, 0.15) is 23.7 Å². The Morgan fingerprint density at radius 1 is 1.11 bits per heavy atom. The second-order valence-corrected chi connectivity index (χ2v) is 7.77. The quantitative estimate of drug-likeness (QED) is 0.734. The highest BCUT2D eigenvalue weighted by Gasteiger charge is 2.21. The van der Waals surface area contributed by atoms with Gasteiger partial charge in [-0.1, -0.05) is 24.3 Å². The zero-order chi connectivity index (χ0) is 19.5. The van der Waals surface area contributed by atoms with Gasteiger partial charge in [0, 0.05) is 36.6 Å². The average molecular weight is 391 g/mol. The molecule has 0 radical (unpaired) electrons. The first kappa shape index (κ1) is 18.4. The predicted octanol–water partition coefficient (Wildman–Crippen LogP) is 3.90. The summed E-state index contributed by atoms with van der Waals surface area (Å²) >= 11 is 1.53. The lowest BCUT2D eigenvalue weighted by Crippen LogP contribution is -2.36. The van der Waals surface area contributed by atoms with Gasteiger partial charge in [0.1, 0.15) is 5.01 Å². The van der Waals surface area contributed by atoms with Crippen molar-refractivity contribution in [1.82, 2.24) is 9.88 Å². The molecule has 0 fully saturated rings. The van der Waals surface area contributed by atoms with Crippen molar-refractivity contribution in [2.24, 2.45) is 0 Å². The summed E-state index contributed by atoms with van der Waals surface area (Å²) in [6.07, 6.45) is 1.23. The molecule has 2 amide bonds. The molecule has 0 bridgehead atoms. The number of carbonyl (C=O) groups excluding carboxylic acids is 2. The van der Waals surface area contributed by atoms with Crippen molar-refractivity contribution in [3.05, 3.63) is 70.7 Å². The summed E-state index contributed by atoms with van der Waals surface area (Å²) in [4.78, 5) is 30.4. The molecule has 1 aliphatic rings. The number of hydrogen-bond donors (Lipinski definition) is 1. The van der Waals surface area contributed by atoms with Gasteiger partial charge < -0.3 is 10.2 Å². The zero-order valence-corrected chi connectivity index (χ0v) is 16.5. The van der Waals surface area contributed by atoms with Gasteiger partial charge in [-0.2, -0.15) is 0 Å². The first-order valence-electron chi connectivity index (χ1n) is 9.25. The lowest BCUT2D eigenvalue weighted by atomic mass is 10.00. The Hall–Kier alpha value is -2.99. The molecule has 0 saturated carbocycles. The maximum Gasteiger partial charge on any atom is 0.228 e. The Morgan fingerprint density at radius 3 is 2.61 bits per heavy atom. The van der Waals surface area contributed by atoms with Crippen molar-refractivity contribution in [2.75, 3.05) is 11.9 Å². The minimum absolute atomic E-state index is 0.0943. The van der Waals surface area contributed by atoms with E-state index in [0.29, 0.717) is 13.0 Å². The summed E-state index contributed by atoms with van der Waals surface area (Å²) in [6, 6.07) is 15.9. The van der Waals surface area contributed by atoms with Crippen LogP contribution in [-0.4, -0.2) is 28.2 Å². The first-order valence-corrected chi connectivity index (χ1v) is 10.1. The summed E-state index contributed by atoms with van der Waals surface area (Å²) < 4.78 is 0. The van der Waals surface area contributed by atoms with E-state index in [1.165, 1.54) is 29.4 Å². The van der Waals surface area contributed by atoms with Crippen LogP contribution in [0.3, 0.4) is 0 Å². The van der Waals surface area contributed by atoms with Crippen LogP contribution < -0.4 is 5.32 Å². The third kappa shape index (κ3) is 4.12. The largest absolute Gasteiger partial charge is 0.338 e. The molecule has 2 aromatic carbocycles. The lowest BCUT2D eigenvalue weighted by molar-refractivity contribution is -0.131. The number of benzene rings is 2. The van der Waals surface area contributed by atoms with Gasteiger partial charge in [0.05, 0.1) is 12.1 Å². The molecule has 4 rings (SSSR count). The molecule has 6 heteroatoms. The molecule has 0 spiro atoms. The minimum atomic E-state index is -0.0943. The van der Waals surface area contributed by atoms with Crippen molar-refractivity contribution in [1.29, 1.82) is 0 Å². The van der Waals surface area contributed by atoms with E-state index >= 15 is 0 Å². The van der Waals surface area contributed by atoms with E-state index in [1.54, 1.807) is 0 Å². The fourth-order valence-electron chi connectivity index (χ4n) is 3.40. The van der Waals surface area contributed by atoms with Crippen LogP contribution in [0, 0.1) is 0 Å². The topological polar surface area (TPSA) is 62.3 Å². The van der Waals surface area contributed by atoms with Crippen LogP contribution in [0.2, 0.25) is 0 Å². The molecule has 0 aliphatic carbocycles. The molecule has 0 unspecified atom stereocenters. The third-order valence-electron chi connectivity index (χ3n) is 4.82. The number of amides is 2. The molecule has 2 heterocycles. The van der Waals surface area contributed by atoms with Gasteiger partial charge in [0.25, 0.3) is 0 Å². The summed E-state index contributed by atoms with van der Waals surface area (Å²) in [6.45, 7) is 2.92. The van der Waals surface area contributed by atoms with E-state index < -0.39 is 0 Å². The number of nitrogens with one attached hydrogen (secondary N) is 1. The second kappa shape index (κ2) is 7.94. The molecule has 5 nitrogen and oxygen atoms in total. The molecular formula is C22H21N3O2S. The van der Waals surface area contributed by atoms with Crippen molar-refractivity contribution in [2.45, 2.75) is 26.3 Å². The Morgan fingerprint density at radius 2 is 1.86 bits per heavy atom. The number of carbonyl (C=O) groups is 2. The molecule has 142 valence electrons. The molecule has 1 aromatic heterocycles. The van der Waals surface area contributed by atoms with Crippen LogP contribution in [0.25, 0.3) is 10.6 Å². The molecule has 28 heavy (non-hydrogen) atoms. The summed E-state index contributed by atoms with van der Waals surface area (Å²) in [5.74, 6) is 0.0236. The predicted molar refractivity (Wildman–Crippen MR) is 111 cm³/mol. The van der Waals surface area contributed by atoms with Gasteiger partial charge in [0.2, 0.25) is 11.8 Å². The van der Waals surface area contributed by atoms with E-state index in [1.807, 2.05) is 40.6 Å². The third-order valence-corrected chi connectivity index (χ3v) is 5.76. The Kier molecular flexibility index (Phi) is 5.21. The van der Waals surface area contributed by atoms with Crippen LogP contribution in [0.15, 0.2) is 53.9 Å². The number of rotatable bonds is 4. The summed E-state index contributed by atoms with van der Waals surface area (Å²) in [5.41, 5.74) is 5.11. The number of thiazole rings is 1. The van der Waals surface area contributed by atoms with E-state index in [9.17, 15) is 9.59 Å². The van der Waals surface area contributed by atoms with Gasteiger partial charge in [-0.25, -0.2) is 4.98 Å². The Bertz CT molecular complexity index is 1010. The molecule has 3 aromatic rings. The maximum absolute atomic E-state index is 12.7. The van der Waals surface area contributed by atoms with Crippen LogP contribution in [-0.2, 0) is 29.0 Å². The SMILES string of the molecule is CC(=O)Nc1ccc(-c2nc(CC(=O)N3CCc4ccccc4C3)cs2)cc1. The highest BCUT2D eigenvalue weighted by atomic mass is 32.1. The molecule has 0 atom stereocenters. The number of fused-ring (bicyclic) bond motifs is 1. The summed E-state index contributed by atoms with van der Waals surface area (Å²) in [5, 5.41) is 5.58. The lowest BCUT2D eigenvalue weighted by Gasteiger charge is -2.28. The zero-order valence-electron chi connectivity index (χ0n) is 15.6. The fourth-order valence-corrected chi connectivity index (χ4v) is 4.22. The van der Waals surface area contributed by atoms with Crippen LogP contribution in [0.4, 0.5) is 5.69 Å². The van der Waals surface area contributed by atoms with Gasteiger partial charge in [0.15, 0.2) is 0 Å². The van der Waals surface area contributed by atoms with Gasteiger partial charge >= 0.3 is 0 Å². The van der Waals surface area contributed by atoms with Gasteiger partial charge in [-0.3, -0.25) is 9.59 Å². The van der Waals surface area contributed by atoms with Gasteiger partial charge in [-0.05, 0) is 41.8 Å². The average Bonchev–Trinajstić information content (AvgIpc) is 3.16. The van der Waals surface area contributed by atoms with Crippen molar-refractivity contribution < 1.29 is 9.59 Å². The monoisotopic (exact) mass is 391 g/mol. The maximum atomic E-state index is 12.7. The molecule has 1 aliphatic heterocycles. The van der Waals surface area contributed by atoms with E-state index in [2.05, 4.69) is 28.5 Å². The molecular weight excluding hydrogens is 370 g/mol. The van der Waals surface area contributed by atoms with Crippen molar-refractivity contribution in [3.63, 3.8) is 0 Å². The smallest absolute Gasteiger partial charge is 0.228 e. The number of anilines is 1. The normalized spacial score (nSPS) is 13.1. The minimum Gasteiger partial charge on any atom is -0.338 e. The van der Waals surface area contributed by atoms with E-state index in [-0.39, 0.29) is 11.8 Å². The fraction of sp³-hybridized carbons (Fsp3) is 0.227. The van der Waals surface area contributed by atoms with E-state index in [4.69, 9.17) is 0 Å². The first-order chi connectivity index (χ1) is 13.6. The number of nitrogens with zero attached hydrogens (tertiary/aromatic N) is 2. The van der Waals surface area contributed by atoms with Crippen molar-refractivity contribution >= 4 is 28.8 Å². The standard InChI is InChI=1S/C22H21N3O2S/c1-15(26)23-19-8-6-17(7-9-19)22-24-20(14-28-22)12-21(27)25-11-10-16-4-2-3-5-18(16)13-25/h2-9,14H,10-13H2,1H3,(H,23,26). The number of aromatic nitrogens is 1.